The molecule has 0 radical (unpaired) electrons. The summed E-state index contributed by atoms with van der Waals surface area (Å²) >= 11 is 0. The maximum absolute atomic E-state index is 12.9. The van der Waals surface area contributed by atoms with E-state index in [0.29, 0.717) is 19.0 Å². The lowest BCUT2D eigenvalue weighted by Gasteiger charge is -2.10. The molecule has 0 saturated heterocycles. The molecule has 0 N–H and O–H groups in total. The number of benzene rings is 1. The van der Waals surface area contributed by atoms with Crippen molar-refractivity contribution in [2.45, 2.75) is 20.1 Å². The van der Waals surface area contributed by atoms with Gasteiger partial charge in [-0.2, -0.15) is 0 Å². The van der Waals surface area contributed by atoms with Gasteiger partial charge in [0.1, 0.15) is 17.9 Å². The van der Waals surface area contributed by atoms with E-state index in [1.807, 2.05) is 19.1 Å². The van der Waals surface area contributed by atoms with E-state index in [1.165, 1.54) is 12.1 Å². The van der Waals surface area contributed by atoms with Gasteiger partial charge < -0.3 is 9.30 Å². The van der Waals surface area contributed by atoms with Crippen molar-refractivity contribution in [1.82, 2.24) is 9.55 Å². The highest BCUT2D eigenvalue weighted by molar-refractivity contribution is 5.85. The number of hydrogen-bond acceptors (Lipinski definition) is 2. The zero-order valence-electron chi connectivity index (χ0n) is 12.8. The SMILES string of the molecule is C=CCn1c(C)cc2ccnc(OCc3ccc(F)cc3)c21.Cl. The lowest BCUT2D eigenvalue weighted by Crippen LogP contribution is -2.02. The van der Waals surface area contributed by atoms with E-state index < -0.39 is 0 Å². The average Bonchev–Trinajstić information content (AvgIpc) is 2.84. The van der Waals surface area contributed by atoms with Crippen LogP contribution in [0.3, 0.4) is 0 Å². The van der Waals surface area contributed by atoms with Gasteiger partial charge in [-0.15, -0.1) is 19.0 Å². The summed E-state index contributed by atoms with van der Waals surface area (Å²) in [7, 11) is 0. The Kier molecular flexibility index (Phi) is 5.40. The highest BCUT2D eigenvalue weighted by atomic mass is 35.5. The molecule has 0 bridgehead atoms. The van der Waals surface area contributed by atoms with E-state index in [1.54, 1.807) is 18.3 Å². The number of nitrogens with zero attached hydrogens (tertiary/aromatic N) is 2. The normalized spacial score (nSPS) is 10.3. The second kappa shape index (κ2) is 7.29. The minimum atomic E-state index is -0.250. The molecule has 0 aliphatic carbocycles. The van der Waals surface area contributed by atoms with Crippen LogP contribution >= 0.6 is 12.4 Å². The zero-order valence-corrected chi connectivity index (χ0v) is 13.6. The third-order valence-corrected chi connectivity index (χ3v) is 3.58. The van der Waals surface area contributed by atoms with Gasteiger partial charge in [0.2, 0.25) is 5.88 Å². The molecule has 0 saturated carbocycles. The van der Waals surface area contributed by atoms with E-state index in [9.17, 15) is 4.39 Å². The molecule has 3 nitrogen and oxygen atoms in total. The molecule has 0 atom stereocenters. The molecule has 0 aliphatic heterocycles. The molecule has 1 aromatic carbocycles. The number of rotatable bonds is 5. The van der Waals surface area contributed by atoms with Crippen molar-refractivity contribution in [3.05, 3.63) is 72.3 Å². The summed E-state index contributed by atoms with van der Waals surface area (Å²) in [5.74, 6) is 0.330. The third-order valence-electron chi connectivity index (χ3n) is 3.58. The van der Waals surface area contributed by atoms with Crippen LogP contribution in [0, 0.1) is 12.7 Å². The van der Waals surface area contributed by atoms with Crippen molar-refractivity contribution in [2.24, 2.45) is 0 Å². The van der Waals surface area contributed by atoms with Gasteiger partial charge in [-0.3, -0.25) is 0 Å². The molecule has 0 fully saturated rings. The van der Waals surface area contributed by atoms with Gasteiger partial charge in [-0.1, -0.05) is 18.2 Å². The predicted molar refractivity (Wildman–Crippen MR) is 92.6 cm³/mol. The quantitative estimate of drug-likeness (QED) is 0.635. The van der Waals surface area contributed by atoms with Crippen LogP contribution in [0.1, 0.15) is 11.3 Å². The van der Waals surface area contributed by atoms with Gasteiger partial charge in [0.15, 0.2) is 0 Å². The summed E-state index contributed by atoms with van der Waals surface area (Å²) in [6, 6.07) is 10.3. The maximum Gasteiger partial charge on any atom is 0.238 e. The number of aromatic nitrogens is 2. The van der Waals surface area contributed by atoms with Crippen LogP contribution in [0.5, 0.6) is 5.88 Å². The summed E-state index contributed by atoms with van der Waals surface area (Å²) in [5, 5.41) is 1.09. The standard InChI is InChI=1S/C18H17FN2O.ClH/c1-3-10-21-13(2)11-15-8-9-20-18(17(15)21)22-12-14-4-6-16(19)7-5-14;/h3-9,11H,1,10,12H2,2H3;1H. The highest BCUT2D eigenvalue weighted by Crippen LogP contribution is 2.27. The summed E-state index contributed by atoms with van der Waals surface area (Å²) < 4.78 is 20.9. The largest absolute Gasteiger partial charge is 0.471 e. The number of allylic oxidation sites excluding steroid dienone is 1. The van der Waals surface area contributed by atoms with Crippen molar-refractivity contribution < 1.29 is 9.13 Å². The fraction of sp³-hybridized carbons (Fsp3) is 0.167. The van der Waals surface area contributed by atoms with Gasteiger partial charge in [-0.25, -0.2) is 9.37 Å². The van der Waals surface area contributed by atoms with Crippen molar-refractivity contribution in [3.63, 3.8) is 0 Å². The summed E-state index contributed by atoms with van der Waals surface area (Å²) in [6.45, 7) is 6.90. The molecule has 5 heteroatoms. The van der Waals surface area contributed by atoms with Gasteiger partial charge >= 0.3 is 0 Å². The Hall–Kier alpha value is -2.33. The topological polar surface area (TPSA) is 27.1 Å². The Balaban J connectivity index is 0.00000192. The summed E-state index contributed by atoms with van der Waals surface area (Å²) in [4.78, 5) is 4.34. The summed E-state index contributed by atoms with van der Waals surface area (Å²) in [6.07, 6.45) is 3.59. The molecular weight excluding hydrogens is 315 g/mol. The molecule has 120 valence electrons. The predicted octanol–water partition coefficient (Wildman–Crippen LogP) is 4.67. The number of halogens is 2. The summed E-state index contributed by atoms with van der Waals surface area (Å²) in [5.41, 5.74) is 3.00. The van der Waals surface area contributed by atoms with Crippen LogP contribution in [0.15, 0.2) is 55.3 Å². The van der Waals surface area contributed by atoms with Crippen LogP contribution < -0.4 is 4.74 Å². The van der Waals surface area contributed by atoms with E-state index in [-0.39, 0.29) is 18.2 Å². The molecule has 0 amide bonds. The van der Waals surface area contributed by atoms with E-state index in [4.69, 9.17) is 4.74 Å². The highest BCUT2D eigenvalue weighted by Gasteiger charge is 2.11. The first kappa shape index (κ1) is 17.0. The molecule has 23 heavy (non-hydrogen) atoms. The fourth-order valence-electron chi connectivity index (χ4n) is 2.52. The smallest absolute Gasteiger partial charge is 0.238 e. The number of fused-ring (bicyclic) bond motifs is 1. The second-order valence-electron chi connectivity index (χ2n) is 5.15. The van der Waals surface area contributed by atoms with Crippen molar-refractivity contribution in [3.8, 4) is 5.88 Å². The monoisotopic (exact) mass is 332 g/mol. The first-order valence-corrected chi connectivity index (χ1v) is 7.12. The van der Waals surface area contributed by atoms with E-state index in [2.05, 4.69) is 22.2 Å². The lowest BCUT2D eigenvalue weighted by molar-refractivity contribution is 0.296. The number of aryl methyl sites for hydroxylation is 1. The second-order valence-corrected chi connectivity index (χ2v) is 5.15. The number of pyridine rings is 1. The van der Waals surface area contributed by atoms with Crippen LogP contribution in [0.4, 0.5) is 4.39 Å². The first-order chi connectivity index (χ1) is 10.7. The van der Waals surface area contributed by atoms with Crippen LogP contribution in [-0.4, -0.2) is 9.55 Å². The van der Waals surface area contributed by atoms with Gasteiger partial charge in [0, 0.05) is 23.8 Å². The molecule has 3 aromatic rings. The van der Waals surface area contributed by atoms with Crippen LogP contribution in [0.2, 0.25) is 0 Å². The lowest BCUT2D eigenvalue weighted by atomic mass is 10.2. The van der Waals surface area contributed by atoms with Crippen molar-refractivity contribution >= 4 is 23.3 Å². The van der Waals surface area contributed by atoms with Crippen LogP contribution in [-0.2, 0) is 13.2 Å². The molecule has 0 spiro atoms. The number of ether oxygens (including phenoxy) is 1. The number of hydrogen-bond donors (Lipinski definition) is 0. The van der Waals surface area contributed by atoms with Crippen molar-refractivity contribution in [2.75, 3.05) is 0 Å². The molecule has 2 heterocycles. The Morgan fingerprint density at radius 3 is 2.70 bits per heavy atom. The van der Waals surface area contributed by atoms with Gasteiger partial charge in [0.25, 0.3) is 0 Å². The first-order valence-electron chi connectivity index (χ1n) is 7.12. The van der Waals surface area contributed by atoms with Gasteiger partial charge in [-0.05, 0) is 36.8 Å². The molecule has 0 aliphatic rings. The zero-order chi connectivity index (χ0) is 15.5. The molecule has 2 aromatic heterocycles. The van der Waals surface area contributed by atoms with Gasteiger partial charge in [0.05, 0.1) is 0 Å². The maximum atomic E-state index is 12.9. The Morgan fingerprint density at radius 2 is 2.00 bits per heavy atom. The van der Waals surface area contributed by atoms with E-state index >= 15 is 0 Å². The fourth-order valence-corrected chi connectivity index (χ4v) is 2.52. The minimum absolute atomic E-state index is 0. The molecule has 3 rings (SSSR count). The van der Waals surface area contributed by atoms with E-state index in [0.717, 1.165) is 22.2 Å². The third kappa shape index (κ3) is 3.54. The molecule has 0 unspecified atom stereocenters. The Labute approximate surface area is 140 Å². The van der Waals surface area contributed by atoms with Crippen LogP contribution in [0.25, 0.3) is 10.9 Å². The molecular formula is C18H18ClFN2O. The average molecular weight is 333 g/mol. The van der Waals surface area contributed by atoms with Crippen molar-refractivity contribution in [1.29, 1.82) is 0 Å². The Morgan fingerprint density at radius 1 is 1.26 bits per heavy atom. The Bertz CT molecular complexity index is 812. The minimum Gasteiger partial charge on any atom is -0.471 e.